The van der Waals surface area contributed by atoms with Crippen LogP contribution >= 0.6 is 11.8 Å². The number of carbonyl (C=O) groups is 1. The molecule has 0 N–H and O–H groups in total. The minimum Gasteiger partial charge on any atom is -0.336 e. The summed E-state index contributed by atoms with van der Waals surface area (Å²) in [5, 5.41) is 8.89. The summed E-state index contributed by atoms with van der Waals surface area (Å²) in [7, 11) is 0. The molecule has 116 valence electrons. The van der Waals surface area contributed by atoms with Crippen molar-refractivity contribution in [3.63, 3.8) is 0 Å². The van der Waals surface area contributed by atoms with Crippen LogP contribution in [0.2, 0.25) is 0 Å². The first-order valence-electron chi connectivity index (χ1n) is 7.45. The zero-order valence-corrected chi connectivity index (χ0v) is 14.0. The van der Waals surface area contributed by atoms with Crippen LogP contribution in [0.1, 0.15) is 27.3 Å². The number of benzene rings is 1. The van der Waals surface area contributed by atoms with Gasteiger partial charge in [0.25, 0.3) is 5.91 Å². The van der Waals surface area contributed by atoms with Gasteiger partial charge in [0.15, 0.2) is 5.69 Å². The zero-order chi connectivity index (χ0) is 15.7. The number of nitrogens with zero attached hydrogens (tertiary/aromatic N) is 4. The third-order valence-electron chi connectivity index (χ3n) is 3.85. The van der Waals surface area contributed by atoms with Crippen molar-refractivity contribution in [1.82, 2.24) is 19.9 Å². The second-order valence-corrected chi connectivity index (χ2v) is 6.84. The third kappa shape index (κ3) is 2.88. The Morgan fingerprint density at radius 1 is 1.14 bits per heavy atom. The highest BCUT2D eigenvalue weighted by atomic mass is 32.2. The summed E-state index contributed by atoms with van der Waals surface area (Å²) in [5.74, 6) is 1.99. The number of carbonyl (C=O) groups excluding carboxylic acids is 1. The van der Waals surface area contributed by atoms with Gasteiger partial charge in [-0.25, -0.2) is 0 Å². The normalized spacial score (nSPS) is 15.1. The number of aryl methyl sites for hydroxylation is 3. The summed E-state index contributed by atoms with van der Waals surface area (Å²) < 4.78 is 0. The monoisotopic (exact) mass is 316 g/mol. The molecule has 2 heterocycles. The van der Waals surface area contributed by atoms with Crippen LogP contribution in [0.5, 0.6) is 0 Å². The Kier molecular flexibility index (Phi) is 4.20. The second-order valence-electron chi connectivity index (χ2n) is 5.62. The van der Waals surface area contributed by atoms with Crippen LogP contribution in [0.4, 0.5) is 0 Å². The van der Waals surface area contributed by atoms with E-state index >= 15 is 0 Å². The second kappa shape index (κ2) is 6.12. The summed E-state index contributed by atoms with van der Waals surface area (Å²) in [6.45, 7) is 7.52. The molecule has 2 aromatic rings. The van der Waals surface area contributed by atoms with Gasteiger partial charge in [0.05, 0.1) is 11.4 Å². The Labute approximate surface area is 134 Å². The molecule has 1 amide bonds. The van der Waals surface area contributed by atoms with Gasteiger partial charge in [-0.05, 0) is 32.4 Å². The molecule has 22 heavy (non-hydrogen) atoms. The van der Waals surface area contributed by atoms with Crippen molar-refractivity contribution in [2.24, 2.45) is 0 Å². The lowest BCUT2D eigenvalue weighted by atomic mass is 10.1. The highest BCUT2D eigenvalue weighted by molar-refractivity contribution is 7.99. The smallest absolute Gasteiger partial charge is 0.276 e. The van der Waals surface area contributed by atoms with E-state index in [2.05, 4.69) is 23.2 Å². The molecule has 0 bridgehead atoms. The Bertz CT molecular complexity index is 704. The maximum atomic E-state index is 12.6. The minimum absolute atomic E-state index is 0.00573. The van der Waals surface area contributed by atoms with Gasteiger partial charge in [-0.3, -0.25) is 4.79 Å². The van der Waals surface area contributed by atoms with Crippen LogP contribution in [0, 0.1) is 20.8 Å². The van der Waals surface area contributed by atoms with Crippen molar-refractivity contribution in [3.8, 4) is 5.69 Å². The standard InChI is InChI=1S/C16H20N4OS/c1-11-4-5-14(12(2)10-11)20-17-13(3)15(18-20)16(21)19-6-8-22-9-7-19/h4-5,10H,6-9H2,1-3H3. The number of hydrogen-bond donors (Lipinski definition) is 0. The average Bonchev–Trinajstić information content (AvgIpc) is 2.89. The summed E-state index contributed by atoms with van der Waals surface area (Å²) >= 11 is 1.89. The fraction of sp³-hybridized carbons (Fsp3) is 0.438. The SMILES string of the molecule is Cc1ccc(-n2nc(C)c(C(=O)N3CCSCC3)n2)c(C)c1. The van der Waals surface area contributed by atoms with Crippen LogP contribution in [-0.4, -0.2) is 50.4 Å². The number of amides is 1. The molecule has 1 aliphatic heterocycles. The Hall–Kier alpha value is -1.82. The van der Waals surface area contributed by atoms with Crippen LogP contribution in [0.3, 0.4) is 0 Å². The van der Waals surface area contributed by atoms with Gasteiger partial charge in [0.1, 0.15) is 0 Å². The number of hydrogen-bond acceptors (Lipinski definition) is 4. The van der Waals surface area contributed by atoms with Crippen LogP contribution < -0.4 is 0 Å². The molecule has 5 nitrogen and oxygen atoms in total. The summed E-state index contributed by atoms with van der Waals surface area (Å²) in [6.07, 6.45) is 0. The van der Waals surface area contributed by atoms with Crippen molar-refractivity contribution in [2.45, 2.75) is 20.8 Å². The van der Waals surface area contributed by atoms with Gasteiger partial charge in [-0.2, -0.15) is 21.7 Å². The zero-order valence-electron chi connectivity index (χ0n) is 13.2. The van der Waals surface area contributed by atoms with E-state index in [0.29, 0.717) is 11.4 Å². The first-order chi connectivity index (χ1) is 10.6. The molecule has 1 fully saturated rings. The predicted octanol–water partition coefficient (Wildman–Crippen LogP) is 2.38. The van der Waals surface area contributed by atoms with Crippen LogP contribution in [-0.2, 0) is 0 Å². The summed E-state index contributed by atoms with van der Waals surface area (Å²) in [4.78, 5) is 16.1. The molecule has 3 rings (SSSR count). The highest BCUT2D eigenvalue weighted by Gasteiger charge is 2.24. The number of aromatic nitrogens is 3. The Morgan fingerprint density at radius 3 is 2.55 bits per heavy atom. The molecule has 0 spiro atoms. The quantitative estimate of drug-likeness (QED) is 0.853. The molecule has 0 radical (unpaired) electrons. The topological polar surface area (TPSA) is 51.0 Å². The first-order valence-corrected chi connectivity index (χ1v) is 8.60. The van der Waals surface area contributed by atoms with Gasteiger partial charge in [-0.15, -0.1) is 5.10 Å². The van der Waals surface area contributed by atoms with Crippen molar-refractivity contribution < 1.29 is 4.79 Å². The van der Waals surface area contributed by atoms with Gasteiger partial charge in [0.2, 0.25) is 0 Å². The van der Waals surface area contributed by atoms with Crippen LogP contribution in [0.15, 0.2) is 18.2 Å². The van der Waals surface area contributed by atoms with Gasteiger partial charge < -0.3 is 4.90 Å². The molecule has 0 atom stereocenters. The third-order valence-corrected chi connectivity index (χ3v) is 4.79. The molecule has 0 saturated carbocycles. The number of thioether (sulfide) groups is 1. The van der Waals surface area contributed by atoms with Crippen molar-refractivity contribution >= 4 is 17.7 Å². The molecule has 1 aliphatic rings. The fourth-order valence-corrected chi connectivity index (χ4v) is 3.53. The first kappa shape index (κ1) is 15.1. The van der Waals surface area contributed by atoms with Gasteiger partial charge >= 0.3 is 0 Å². The average molecular weight is 316 g/mol. The maximum absolute atomic E-state index is 12.6. The molecule has 1 aromatic heterocycles. The van der Waals surface area contributed by atoms with E-state index in [-0.39, 0.29) is 5.91 Å². The molecule has 0 unspecified atom stereocenters. The van der Waals surface area contributed by atoms with Crippen LogP contribution in [0.25, 0.3) is 5.69 Å². The predicted molar refractivity (Wildman–Crippen MR) is 88.8 cm³/mol. The molecule has 1 aromatic carbocycles. The van der Waals surface area contributed by atoms with E-state index in [1.54, 1.807) is 4.80 Å². The van der Waals surface area contributed by atoms with Crippen molar-refractivity contribution in [3.05, 3.63) is 40.7 Å². The van der Waals surface area contributed by atoms with Crippen molar-refractivity contribution in [1.29, 1.82) is 0 Å². The summed E-state index contributed by atoms with van der Waals surface area (Å²) in [5.41, 5.74) is 4.37. The Morgan fingerprint density at radius 2 is 1.86 bits per heavy atom. The van der Waals surface area contributed by atoms with E-state index in [9.17, 15) is 4.79 Å². The van der Waals surface area contributed by atoms with E-state index < -0.39 is 0 Å². The Balaban J connectivity index is 1.91. The van der Waals surface area contributed by atoms with E-state index in [1.165, 1.54) is 5.56 Å². The minimum atomic E-state index is -0.00573. The van der Waals surface area contributed by atoms with E-state index in [1.807, 2.05) is 42.6 Å². The highest BCUT2D eigenvalue weighted by Crippen LogP contribution is 2.17. The lowest BCUT2D eigenvalue weighted by molar-refractivity contribution is 0.0765. The van der Waals surface area contributed by atoms with E-state index in [4.69, 9.17) is 0 Å². The molecule has 1 saturated heterocycles. The largest absolute Gasteiger partial charge is 0.336 e. The molecule has 6 heteroatoms. The lowest BCUT2D eigenvalue weighted by Gasteiger charge is -2.25. The maximum Gasteiger partial charge on any atom is 0.276 e. The number of rotatable bonds is 2. The molecular formula is C16H20N4OS. The summed E-state index contributed by atoms with van der Waals surface area (Å²) in [6, 6.07) is 6.12. The van der Waals surface area contributed by atoms with Crippen molar-refractivity contribution in [2.75, 3.05) is 24.6 Å². The fourth-order valence-electron chi connectivity index (χ4n) is 2.63. The van der Waals surface area contributed by atoms with Gasteiger partial charge in [-0.1, -0.05) is 17.7 Å². The van der Waals surface area contributed by atoms with E-state index in [0.717, 1.165) is 35.8 Å². The lowest BCUT2D eigenvalue weighted by Crippen LogP contribution is -2.38. The van der Waals surface area contributed by atoms with Gasteiger partial charge in [0, 0.05) is 24.6 Å². The molecule has 0 aliphatic carbocycles. The molecular weight excluding hydrogens is 296 g/mol.